The molecule has 0 atom stereocenters. The molecule has 0 bridgehead atoms. The number of rotatable bonds is 3. The topological polar surface area (TPSA) is 96.1 Å². The summed E-state index contributed by atoms with van der Waals surface area (Å²) < 4.78 is 5.39. The van der Waals surface area contributed by atoms with E-state index >= 15 is 0 Å². The predicted octanol–water partition coefficient (Wildman–Crippen LogP) is 2.72. The highest BCUT2D eigenvalue weighted by Crippen LogP contribution is 2.32. The molecule has 0 spiro atoms. The highest BCUT2D eigenvalue weighted by molar-refractivity contribution is 7.13. The van der Waals surface area contributed by atoms with Gasteiger partial charge in [-0.1, -0.05) is 12.1 Å². The summed E-state index contributed by atoms with van der Waals surface area (Å²) in [5.74, 6) is 0.185. The Morgan fingerprint density at radius 3 is 3.04 bits per heavy atom. The standard InChI is InChI=1S/C16H12N4O3S/c21-14-8-23-15-9(3-1-4-10(15)17-14)16(22)18-13-7-11(19-20-13)12-5-2-6-24-12/h1-7H,8H2,(H,17,21)(H2,18,19,20,22). The first kappa shape index (κ1) is 14.5. The molecule has 0 fully saturated rings. The zero-order valence-corrected chi connectivity index (χ0v) is 13.1. The largest absolute Gasteiger partial charge is 0.481 e. The van der Waals surface area contributed by atoms with E-state index in [4.69, 9.17) is 4.74 Å². The third-order valence-electron chi connectivity index (χ3n) is 3.49. The van der Waals surface area contributed by atoms with Crippen molar-refractivity contribution in [2.24, 2.45) is 0 Å². The number of ether oxygens (including phenoxy) is 1. The fourth-order valence-corrected chi connectivity index (χ4v) is 3.11. The van der Waals surface area contributed by atoms with E-state index in [1.54, 1.807) is 35.6 Å². The lowest BCUT2D eigenvalue weighted by molar-refractivity contribution is -0.118. The number of carbonyl (C=O) groups is 2. The second-order valence-electron chi connectivity index (χ2n) is 5.12. The lowest BCUT2D eigenvalue weighted by Gasteiger charge is -2.20. The monoisotopic (exact) mass is 340 g/mol. The maximum atomic E-state index is 12.5. The van der Waals surface area contributed by atoms with Crippen LogP contribution in [0.25, 0.3) is 10.6 Å². The third kappa shape index (κ3) is 2.63. The minimum Gasteiger partial charge on any atom is -0.481 e. The molecule has 3 aromatic rings. The van der Waals surface area contributed by atoms with Crippen molar-refractivity contribution in [1.29, 1.82) is 0 Å². The van der Waals surface area contributed by atoms with Gasteiger partial charge in [0.15, 0.2) is 18.2 Å². The first-order valence-corrected chi connectivity index (χ1v) is 8.05. The molecule has 7 nitrogen and oxygen atoms in total. The van der Waals surface area contributed by atoms with Crippen LogP contribution in [0.5, 0.6) is 5.75 Å². The maximum Gasteiger partial charge on any atom is 0.262 e. The molecule has 3 heterocycles. The SMILES string of the molecule is O=C1COc2c(cccc2C(=O)Nc2cc(-c3cccs3)[nH]n2)N1. The van der Waals surface area contributed by atoms with Gasteiger partial charge in [0.25, 0.3) is 11.8 Å². The number of H-pyrrole nitrogens is 1. The summed E-state index contributed by atoms with van der Waals surface area (Å²) in [5.41, 5.74) is 1.66. The molecule has 1 aromatic carbocycles. The number of benzene rings is 1. The van der Waals surface area contributed by atoms with Gasteiger partial charge in [-0.3, -0.25) is 14.7 Å². The van der Waals surface area contributed by atoms with E-state index in [0.717, 1.165) is 10.6 Å². The van der Waals surface area contributed by atoms with Crippen LogP contribution in [0.15, 0.2) is 41.8 Å². The Morgan fingerprint density at radius 2 is 2.21 bits per heavy atom. The van der Waals surface area contributed by atoms with Crippen molar-refractivity contribution < 1.29 is 14.3 Å². The molecule has 3 N–H and O–H groups in total. The van der Waals surface area contributed by atoms with Crippen molar-refractivity contribution in [3.05, 3.63) is 47.3 Å². The Kier molecular flexibility index (Phi) is 3.51. The second-order valence-corrected chi connectivity index (χ2v) is 6.07. The van der Waals surface area contributed by atoms with Gasteiger partial charge in [-0.15, -0.1) is 11.3 Å². The molecule has 1 aliphatic heterocycles. The van der Waals surface area contributed by atoms with E-state index in [0.29, 0.717) is 22.8 Å². The maximum absolute atomic E-state index is 12.5. The summed E-state index contributed by atoms with van der Waals surface area (Å²) >= 11 is 1.58. The zero-order valence-electron chi connectivity index (χ0n) is 12.3. The Hall–Kier alpha value is -3.13. The van der Waals surface area contributed by atoms with Crippen molar-refractivity contribution in [2.45, 2.75) is 0 Å². The number of hydrogen-bond acceptors (Lipinski definition) is 5. The lowest BCUT2D eigenvalue weighted by Crippen LogP contribution is -2.27. The summed E-state index contributed by atoms with van der Waals surface area (Å²) in [4.78, 5) is 24.9. The number of nitrogens with zero attached hydrogens (tertiary/aromatic N) is 1. The van der Waals surface area contributed by atoms with E-state index in [1.807, 2.05) is 17.5 Å². The molecule has 0 saturated carbocycles. The number of hydrogen-bond donors (Lipinski definition) is 3. The van der Waals surface area contributed by atoms with E-state index in [9.17, 15) is 9.59 Å². The van der Waals surface area contributed by atoms with Crippen LogP contribution in [0.1, 0.15) is 10.4 Å². The van der Waals surface area contributed by atoms with Gasteiger partial charge in [-0.05, 0) is 23.6 Å². The number of fused-ring (bicyclic) bond motifs is 1. The first-order chi connectivity index (χ1) is 11.7. The van der Waals surface area contributed by atoms with Crippen LogP contribution in [0.2, 0.25) is 0 Å². The van der Waals surface area contributed by atoms with Crippen LogP contribution in [0, 0.1) is 0 Å². The number of thiophene rings is 1. The Bertz CT molecular complexity index is 917. The van der Waals surface area contributed by atoms with Gasteiger partial charge >= 0.3 is 0 Å². The summed E-state index contributed by atoms with van der Waals surface area (Å²) in [7, 11) is 0. The lowest BCUT2D eigenvalue weighted by atomic mass is 10.1. The Balaban J connectivity index is 1.57. The molecule has 0 radical (unpaired) electrons. The highest BCUT2D eigenvalue weighted by Gasteiger charge is 2.22. The number of anilines is 2. The van der Waals surface area contributed by atoms with E-state index in [1.165, 1.54) is 0 Å². The summed E-state index contributed by atoms with van der Waals surface area (Å²) in [6, 6.07) is 10.7. The van der Waals surface area contributed by atoms with Crippen molar-refractivity contribution >= 4 is 34.7 Å². The molecule has 2 amide bonds. The quantitative estimate of drug-likeness (QED) is 0.683. The fourth-order valence-electron chi connectivity index (χ4n) is 2.42. The fraction of sp³-hybridized carbons (Fsp3) is 0.0625. The Labute approximate surface area is 140 Å². The van der Waals surface area contributed by atoms with E-state index in [-0.39, 0.29) is 18.4 Å². The van der Waals surface area contributed by atoms with Crippen molar-refractivity contribution in [3.63, 3.8) is 0 Å². The van der Waals surface area contributed by atoms with Gasteiger partial charge in [0.2, 0.25) is 0 Å². The molecule has 2 aromatic heterocycles. The summed E-state index contributed by atoms with van der Waals surface area (Å²) in [6.07, 6.45) is 0. The van der Waals surface area contributed by atoms with Crippen LogP contribution in [0.4, 0.5) is 11.5 Å². The van der Waals surface area contributed by atoms with Crippen LogP contribution in [0.3, 0.4) is 0 Å². The van der Waals surface area contributed by atoms with Gasteiger partial charge in [-0.25, -0.2) is 0 Å². The molecular formula is C16H12N4O3S. The van der Waals surface area contributed by atoms with Gasteiger partial charge in [-0.2, -0.15) is 5.10 Å². The van der Waals surface area contributed by atoms with Crippen molar-refractivity contribution in [1.82, 2.24) is 10.2 Å². The molecule has 24 heavy (non-hydrogen) atoms. The van der Waals surface area contributed by atoms with E-state index in [2.05, 4.69) is 20.8 Å². The van der Waals surface area contributed by atoms with Crippen LogP contribution in [-0.2, 0) is 4.79 Å². The minimum absolute atomic E-state index is 0.109. The number of amides is 2. The van der Waals surface area contributed by atoms with Crippen molar-refractivity contribution in [2.75, 3.05) is 17.2 Å². The molecule has 4 rings (SSSR count). The second kappa shape index (κ2) is 5.82. The van der Waals surface area contributed by atoms with Crippen LogP contribution in [-0.4, -0.2) is 28.6 Å². The molecule has 1 aliphatic rings. The third-order valence-corrected chi connectivity index (χ3v) is 4.39. The van der Waals surface area contributed by atoms with E-state index < -0.39 is 0 Å². The summed E-state index contributed by atoms with van der Waals surface area (Å²) in [6.45, 7) is -0.109. The molecule has 0 aliphatic carbocycles. The number of carbonyl (C=O) groups excluding carboxylic acids is 2. The number of aromatic nitrogens is 2. The minimum atomic E-state index is -0.354. The Morgan fingerprint density at radius 1 is 1.29 bits per heavy atom. The van der Waals surface area contributed by atoms with Gasteiger partial charge in [0, 0.05) is 6.07 Å². The first-order valence-electron chi connectivity index (χ1n) is 7.17. The average molecular weight is 340 g/mol. The molecule has 120 valence electrons. The number of para-hydroxylation sites is 1. The molecule has 0 saturated heterocycles. The zero-order chi connectivity index (χ0) is 16.5. The van der Waals surface area contributed by atoms with Crippen LogP contribution >= 0.6 is 11.3 Å². The van der Waals surface area contributed by atoms with Gasteiger partial charge in [0.1, 0.15) is 0 Å². The van der Waals surface area contributed by atoms with Crippen molar-refractivity contribution in [3.8, 4) is 16.3 Å². The number of aromatic amines is 1. The summed E-state index contributed by atoms with van der Waals surface area (Å²) in [5, 5.41) is 14.4. The smallest absolute Gasteiger partial charge is 0.262 e. The van der Waals surface area contributed by atoms with Crippen LogP contribution < -0.4 is 15.4 Å². The van der Waals surface area contributed by atoms with Gasteiger partial charge < -0.3 is 15.4 Å². The normalized spacial score (nSPS) is 12.9. The van der Waals surface area contributed by atoms with Gasteiger partial charge in [0.05, 0.1) is 21.8 Å². The predicted molar refractivity (Wildman–Crippen MR) is 90.4 cm³/mol. The molecule has 0 unspecified atom stereocenters. The average Bonchev–Trinajstić information content (AvgIpc) is 3.25. The number of nitrogens with one attached hydrogen (secondary N) is 3. The highest BCUT2D eigenvalue weighted by atomic mass is 32.1. The molecule has 8 heteroatoms. The molecular weight excluding hydrogens is 328 g/mol.